The molecule has 0 aliphatic rings. The van der Waals surface area contributed by atoms with Gasteiger partial charge in [-0.15, -0.1) is 179 Å². The summed E-state index contributed by atoms with van der Waals surface area (Å²) in [5.41, 5.74) is 13.0. The zero-order chi connectivity index (χ0) is 70.0. The standard InChI is InChI=1S/3C16H11FN.3C15H10N.2Ir/c3*1-11-10-13(6-7-15(11)17)16-14-5-3-2-4-12(14)8-9-18-16;3*1-2-7-13(8-3-1)15-14-9-5-4-6-12(14)10-11-16-15;;/h3*2-5,7-10H,1H3;3*1-7,9-11H;;/q6*-1;2*+3. The Balaban J connectivity index is 0.000000125. The fourth-order valence-electron chi connectivity index (χ4n) is 11.8. The summed E-state index contributed by atoms with van der Waals surface area (Å²) in [6.45, 7) is 5.24. The molecular formula is C93H63F3Ir2N6. The molecule has 18 aromatic rings. The molecule has 0 spiro atoms. The molecule has 0 fully saturated rings. The molecule has 12 aromatic carbocycles. The number of pyridine rings is 6. The molecule has 0 saturated carbocycles. The van der Waals surface area contributed by atoms with Crippen LogP contribution in [0.5, 0.6) is 0 Å². The van der Waals surface area contributed by atoms with E-state index in [1.165, 1.54) is 50.5 Å². The Labute approximate surface area is 630 Å². The minimum Gasteiger partial charge on any atom is -0.304 e. The van der Waals surface area contributed by atoms with Gasteiger partial charge < -0.3 is 29.9 Å². The van der Waals surface area contributed by atoms with E-state index in [0.29, 0.717) is 16.7 Å². The average molecular weight is 1710 g/mol. The van der Waals surface area contributed by atoms with Crippen molar-refractivity contribution >= 4 is 64.6 Å². The predicted octanol–water partition coefficient (Wildman–Crippen LogP) is 23.5. The Kier molecular flexibility index (Phi) is 25.2. The average Bonchev–Trinajstić information content (AvgIpc) is 0.789. The van der Waals surface area contributed by atoms with E-state index >= 15 is 0 Å². The van der Waals surface area contributed by atoms with Crippen LogP contribution in [0.2, 0.25) is 0 Å². The molecule has 0 amide bonds. The number of aromatic nitrogens is 6. The second-order valence-electron chi connectivity index (χ2n) is 23.7. The summed E-state index contributed by atoms with van der Waals surface area (Å²) in [5, 5.41) is 13.7. The first-order valence-corrected chi connectivity index (χ1v) is 33.1. The van der Waals surface area contributed by atoms with Gasteiger partial charge in [-0.3, -0.25) is 13.2 Å². The summed E-state index contributed by atoms with van der Waals surface area (Å²) < 4.78 is 39.8. The Morgan fingerprint density at radius 3 is 0.606 bits per heavy atom. The summed E-state index contributed by atoms with van der Waals surface area (Å²) in [4.78, 5) is 26.5. The van der Waals surface area contributed by atoms with Gasteiger partial charge in [0.25, 0.3) is 0 Å². The maximum atomic E-state index is 13.3. The first-order valence-electron chi connectivity index (χ1n) is 33.1. The van der Waals surface area contributed by atoms with Gasteiger partial charge in [-0.2, -0.15) is 0 Å². The van der Waals surface area contributed by atoms with Gasteiger partial charge in [-0.05, 0) is 135 Å². The zero-order valence-electron chi connectivity index (χ0n) is 56.7. The van der Waals surface area contributed by atoms with Gasteiger partial charge in [-0.25, -0.2) is 0 Å². The van der Waals surface area contributed by atoms with Crippen molar-refractivity contribution in [3.63, 3.8) is 0 Å². The summed E-state index contributed by atoms with van der Waals surface area (Å²) >= 11 is 0. The van der Waals surface area contributed by atoms with Crippen molar-refractivity contribution in [2.75, 3.05) is 0 Å². The van der Waals surface area contributed by atoms with Crippen LogP contribution >= 0.6 is 0 Å². The van der Waals surface area contributed by atoms with Crippen LogP contribution < -0.4 is 0 Å². The fraction of sp³-hybridized carbons (Fsp3) is 0.0323. The van der Waals surface area contributed by atoms with Crippen molar-refractivity contribution in [1.82, 2.24) is 29.9 Å². The van der Waals surface area contributed by atoms with Crippen molar-refractivity contribution in [3.05, 3.63) is 399 Å². The van der Waals surface area contributed by atoms with Crippen LogP contribution in [0, 0.1) is 74.6 Å². The third-order valence-corrected chi connectivity index (χ3v) is 17.0. The van der Waals surface area contributed by atoms with E-state index in [1.807, 2.05) is 237 Å². The second-order valence-corrected chi connectivity index (χ2v) is 23.7. The minimum absolute atomic E-state index is 0. The Hall–Kier alpha value is -11.8. The van der Waals surface area contributed by atoms with E-state index in [0.717, 1.165) is 99.9 Å². The zero-order valence-corrected chi connectivity index (χ0v) is 61.5. The SMILES string of the molecule is Cc1cc(-c2nccc3ccccc23)[c-]cc1F.Cc1cc(-c2nccc3ccccc23)[c-]cc1F.Cc1cc(-c2nccc3ccccc23)[c-]cc1F.[Ir+3].[Ir+3].[c-]1ccccc1-c1nccc2ccccc12.[c-]1ccccc1-c1nccc2ccccc12.[c-]1ccccc1-c1nccc2ccccc12. The first-order chi connectivity index (χ1) is 50.1. The van der Waals surface area contributed by atoms with Gasteiger partial charge in [-0.1, -0.05) is 183 Å². The quantitative estimate of drug-likeness (QED) is 0.154. The number of aryl methyl sites for hydroxylation is 3. The van der Waals surface area contributed by atoms with E-state index < -0.39 is 0 Å². The van der Waals surface area contributed by atoms with Gasteiger partial charge >= 0.3 is 40.2 Å². The largest absolute Gasteiger partial charge is 3.00 e. The van der Waals surface area contributed by atoms with Gasteiger partial charge in [0, 0.05) is 54.6 Å². The topological polar surface area (TPSA) is 77.3 Å². The molecule has 0 radical (unpaired) electrons. The van der Waals surface area contributed by atoms with Crippen molar-refractivity contribution in [2.45, 2.75) is 20.8 Å². The number of halogens is 3. The fourth-order valence-corrected chi connectivity index (χ4v) is 11.8. The van der Waals surface area contributed by atoms with E-state index in [2.05, 4.69) is 103 Å². The third-order valence-electron chi connectivity index (χ3n) is 17.0. The third kappa shape index (κ3) is 17.7. The van der Waals surface area contributed by atoms with E-state index in [-0.39, 0.29) is 57.7 Å². The molecule has 0 saturated heterocycles. The molecule has 0 atom stereocenters. The molecule has 0 bridgehead atoms. The molecule has 0 unspecified atom stereocenters. The number of hydrogen-bond donors (Lipinski definition) is 0. The maximum absolute atomic E-state index is 13.3. The van der Waals surface area contributed by atoms with Crippen molar-refractivity contribution in [3.8, 4) is 67.5 Å². The molecule has 0 aliphatic heterocycles. The van der Waals surface area contributed by atoms with Crippen molar-refractivity contribution < 1.29 is 53.4 Å². The Morgan fingerprint density at radius 2 is 0.413 bits per heavy atom. The Morgan fingerprint density at radius 1 is 0.221 bits per heavy atom. The molecule has 6 nitrogen and oxygen atoms in total. The van der Waals surface area contributed by atoms with Crippen LogP contribution in [-0.2, 0) is 40.2 Å². The number of fused-ring (bicyclic) bond motifs is 6. The van der Waals surface area contributed by atoms with Crippen LogP contribution in [0.3, 0.4) is 0 Å². The van der Waals surface area contributed by atoms with E-state index in [9.17, 15) is 13.2 Å². The van der Waals surface area contributed by atoms with Crippen LogP contribution in [0.1, 0.15) is 16.7 Å². The predicted molar refractivity (Wildman–Crippen MR) is 410 cm³/mol. The van der Waals surface area contributed by atoms with E-state index in [4.69, 9.17) is 0 Å². The second kappa shape index (κ2) is 35.7. The monoisotopic (exact) mass is 1710 g/mol. The summed E-state index contributed by atoms with van der Waals surface area (Å²) in [7, 11) is 0. The van der Waals surface area contributed by atoms with Crippen molar-refractivity contribution in [1.29, 1.82) is 0 Å². The van der Waals surface area contributed by atoms with Gasteiger partial charge in [0.1, 0.15) is 0 Å². The first kappa shape index (κ1) is 73.4. The molecule has 504 valence electrons. The smallest absolute Gasteiger partial charge is 0.304 e. The minimum atomic E-state index is -0.237. The number of rotatable bonds is 6. The molecule has 6 heterocycles. The molecule has 0 N–H and O–H groups in total. The molecule has 0 aliphatic carbocycles. The summed E-state index contributed by atoms with van der Waals surface area (Å²) in [5.74, 6) is -0.711. The van der Waals surface area contributed by atoms with Gasteiger partial charge in [0.2, 0.25) is 0 Å². The normalized spacial score (nSPS) is 10.4. The van der Waals surface area contributed by atoms with Crippen LogP contribution in [0.15, 0.2) is 328 Å². The molecule has 104 heavy (non-hydrogen) atoms. The maximum Gasteiger partial charge on any atom is 3.00 e. The van der Waals surface area contributed by atoms with Crippen LogP contribution in [0.4, 0.5) is 13.2 Å². The molecule has 18 rings (SSSR count). The van der Waals surface area contributed by atoms with Crippen LogP contribution in [0.25, 0.3) is 132 Å². The Bertz CT molecular complexity index is 5280. The number of nitrogens with zero attached hydrogens (tertiary/aromatic N) is 6. The molecule has 6 aromatic heterocycles. The summed E-state index contributed by atoms with van der Waals surface area (Å²) in [6.07, 6.45) is 10.8. The van der Waals surface area contributed by atoms with Gasteiger partial charge in [0.05, 0.1) is 0 Å². The number of benzene rings is 12. The number of hydrogen-bond acceptors (Lipinski definition) is 6. The molecular weight excluding hydrogens is 1640 g/mol. The van der Waals surface area contributed by atoms with Gasteiger partial charge in [0.15, 0.2) is 0 Å². The molecule has 11 heteroatoms. The summed E-state index contributed by atoms with van der Waals surface area (Å²) in [6, 6.07) is 113. The van der Waals surface area contributed by atoms with E-state index in [1.54, 1.807) is 57.6 Å². The van der Waals surface area contributed by atoms with Crippen LogP contribution in [-0.4, -0.2) is 29.9 Å². The van der Waals surface area contributed by atoms with Crippen molar-refractivity contribution in [2.24, 2.45) is 0 Å².